The number of benzene rings is 2. The van der Waals surface area contributed by atoms with Crippen LogP contribution in [0.25, 0.3) is 5.69 Å². The molecule has 11 heteroatoms. The predicted octanol–water partition coefficient (Wildman–Crippen LogP) is 2.21. The molecule has 0 aliphatic heterocycles. The largest absolute Gasteiger partial charge is 0.325 e. The van der Waals surface area contributed by atoms with Gasteiger partial charge in [0.25, 0.3) is 0 Å². The molecule has 0 fully saturated rings. The molecular formula is C17H13F3N4O3S. The third-order valence-electron chi connectivity index (χ3n) is 3.61. The molecule has 0 atom stereocenters. The second kappa shape index (κ2) is 7.82. The third-order valence-corrected chi connectivity index (χ3v) is 5.02. The van der Waals surface area contributed by atoms with E-state index in [-0.39, 0.29) is 12.1 Å². The van der Waals surface area contributed by atoms with Gasteiger partial charge in [0.2, 0.25) is 15.9 Å². The molecule has 2 aromatic carbocycles. The van der Waals surface area contributed by atoms with Crippen LogP contribution in [0.3, 0.4) is 0 Å². The lowest BCUT2D eigenvalue weighted by molar-refractivity contribution is -0.115. The van der Waals surface area contributed by atoms with E-state index in [9.17, 15) is 26.4 Å². The molecule has 0 unspecified atom stereocenters. The average Bonchev–Trinajstić information content (AvgIpc) is 3.18. The summed E-state index contributed by atoms with van der Waals surface area (Å²) in [7, 11) is -4.56. The maximum atomic E-state index is 13.6. The van der Waals surface area contributed by atoms with Crippen LogP contribution in [0.2, 0.25) is 0 Å². The summed E-state index contributed by atoms with van der Waals surface area (Å²) in [6, 6.07) is 8.60. The van der Waals surface area contributed by atoms with Gasteiger partial charge in [0.1, 0.15) is 10.7 Å². The van der Waals surface area contributed by atoms with E-state index >= 15 is 0 Å². The highest BCUT2D eigenvalue weighted by molar-refractivity contribution is 7.89. The third kappa shape index (κ3) is 4.38. The molecule has 1 heterocycles. The molecule has 2 N–H and O–H groups in total. The molecule has 0 bridgehead atoms. The number of aromatic nitrogens is 2. The second-order valence-electron chi connectivity index (χ2n) is 5.57. The first-order valence-corrected chi connectivity index (χ1v) is 9.29. The molecule has 0 saturated heterocycles. The minimum Gasteiger partial charge on any atom is -0.325 e. The Hall–Kier alpha value is -3.18. The second-order valence-corrected chi connectivity index (χ2v) is 7.30. The van der Waals surface area contributed by atoms with E-state index in [1.165, 1.54) is 0 Å². The zero-order valence-corrected chi connectivity index (χ0v) is 14.9. The maximum Gasteiger partial charge on any atom is 0.244 e. The molecule has 3 rings (SSSR count). The van der Waals surface area contributed by atoms with Crippen LogP contribution in [0.1, 0.15) is 0 Å². The Labute approximate surface area is 157 Å². The summed E-state index contributed by atoms with van der Waals surface area (Å²) >= 11 is 0. The lowest BCUT2D eigenvalue weighted by Crippen LogP contribution is -2.33. The summed E-state index contributed by atoms with van der Waals surface area (Å²) in [6.07, 6.45) is 3.34. The molecule has 1 aromatic heterocycles. The Kier molecular flexibility index (Phi) is 5.47. The van der Waals surface area contributed by atoms with Crippen molar-refractivity contribution in [2.45, 2.75) is 4.90 Å². The number of halogens is 3. The van der Waals surface area contributed by atoms with Crippen LogP contribution in [0.15, 0.2) is 59.8 Å². The zero-order chi connectivity index (χ0) is 20.3. The first-order chi connectivity index (χ1) is 13.3. The van der Waals surface area contributed by atoms with Crippen LogP contribution in [0, 0.1) is 17.5 Å². The Balaban J connectivity index is 1.63. The van der Waals surface area contributed by atoms with Gasteiger partial charge in [0, 0.05) is 24.1 Å². The Morgan fingerprint density at radius 1 is 1.04 bits per heavy atom. The van der Waals surface area contributed by atoms with E-state index in [4.69, 9.17) is 0 Å². The van der Waals surface area contributed by atoms with Crippen molar-refractivity contribution in [1.82, 2.24) is 14.5 Å². The van der Waals surface area contributed by atoms with Gasteiger partial charge < -0.3 is 5.32 Å². The molecule has 0 aliphatic rings. The highest BCUT2D eigenvalue weighted by Crippen LogP contribution is 2.18. The summed E-state index contributed by atoms with van der Waals surface area (Å²) in [5.41, 5.74) is 1.14. The number of carbonyl (C=O) groups is 1. The van der Waals surface area contributed by atoms with Gasteiger partial charge in [-0.15, -0.1) is 0 Å². The van der Waals surface area contributed by atoms with Gasteiger partial charge >= 0.3 is 0 Å². The van der Waals surface area contributed by atoms with Gasteiger partial charge in [-0.05, 0) is 36.4 Å². The van der Waals surface area contributed by atoms with Gasteiger partial charge in [-0.2, -0.15) is 5.10 Å². The van der Waals surface area contributed by atoms with Gasteiger partial charge in [-0.1, -0.05) is 0 Å². The topological polar surface area (TPSA) is 93.1 Å². The van der Waals surface area contributed by atoms with Crippen molar-refractivity contribution < 1.29 is 26.4 Å². The van der Waals surface area contributed by atoms with Crippen molar-refractivity contribution in [1.29, 1.82) is 0 Å². The fraction of sp³-hybridized carbons (Fsp3) is 0.0588. The molecule has 28 heavy (non-hydrogen) atoms. The number of nitrogens with one attached hydrogen (secondary N) is 2. The lowest BCUT2D eigenvalue weighted by Gasteiger charge is -2.09. The molecule has 0 spiro atoms. The summed E-state index contributed by atoms with van der Waals surface area (Å²) < 4.78 is 67.2. The Morgan fingerprint density at radius 2 is 1.71 bits per heavy atom. The molecule has 7 nitrogen and oxygen atoms in total. The van der Waals surface area contributed by atoms with Crippen LogP contribution in [-0.2, 0) is 14.8 Å². The molecule has 0 saturated carbocycles. The van der Waals surface area contributed by atoms with Crippen LogP contribution in [-0.4, -0.2) is 30.7 Å². The standard InChI is InChI=1S/C17H13F3N4O3S/c18-13-8-15(20)16(9-14(13)19)28(26,27)22-10-17(25)23-11-2-4-12(5-3-11)24-7-1-6-21-24/h1-9,22H,10H2,(H,23,25). The molecule has 146 valence electrons. The van der Waals surface area contributed by atoms with Crippen molar-refractivity contribution in [3.05, 3.63) is 72.3 Å². The van der Waals surface area contributed by atoms with Crippen LogP contribution < -0.4 is 10.0 Å². The number of anilines is 1. The van der Waals surface area contributed by atoms with E-state index < -0.39 is 44.8 Å². The number of hydrogen-bond donors (Lipinski definition) is 2. The first kappa shape index (κ1) is 19.6. The van der Waals surface area contributed by atoms with Crippen LogP contribution in [0.5, 0.6) is 0 Å². The van der Waals surface area contributed by atoms with Crippen molar-refractivity contribution in [3.63, 3.8) is 0 Å². The van der Waals surface area contributed by atoms with E-state index in [1.807, 2.05) is 4.72 Å². The van der Waals surface area contributed by atoms with Crippen molar-refractivity contribution in [2.24, 2.45) is 0 Å². The normalized spacial score (nSPS) is 11.4. The highest BCUT2D eigenvalue weighted by Gasteiger charge is 2.22. The minimum atomic E-state index is -4.56. The van der Waals surface area contributed by atoms with E-state index in [0.717, 1.165) is 5.69 Å². The predicted molar refractivity (Wildman–Crippen MR) is 93.7 cm³/mol. The Bertz CT molecular complexity index is 1100. The number of amides is 1. The summed E-state index contributed by atoms with van der Waals surface area (Å²) in [6.45, 7) is -0.734. The zero-order valence-electron chi connectivity index (χ0n) is 14.1. The number of carbonyl (C=O) groups excluding carboxylic acids is 1. The van der Waals surface area contributed by atoms with Gasteiger partial charge in [-0.25, -0.2) is 31.0 Å². The van der Waals surface area contributed by atoms with Crippen LogP contribution in [0.4, 0.5) is 18.9 Å². The number of nitrogens with zero attached hydrogens (tertiary/aromatic N) is 2. The summed E-state index contributed by atoms with van der Waals surface area (Å²) in [5, 5.41) is 6.50. The van der Waals surface area contributed by atoms with Crippen molar-refractivity contribution >= 4 is 21.6 Å². The highest BCUT2D eigenvalue weighted by atomic mass is 32.2. The minimum absolute atomic E-state index is 0.116. The fourth-order valence-electron chi connectivity index (χ4n) is 2.27. The molecule has 0 aliphatic carbocycles. The SMILES string of the molecule is O=C(CNS(=O)(=O)c1cc(F)c(F)cc1F)Nc1ccc(-n2cccn2)cc1. The summed E-state index contributed by atoms with van der Waals surface area (Å²) in [5.74, 6) is -5.25. The lowest BCUT2D eigenvalue weighted by atomic mass is 10.3. The van der Waals surface area contributed by atoms with Crippen molar-refractivity contribution in [2.75, 3.05) is 11.9 Å². The molecule has 3 aromatic rings. The maximum absolute atomic E-state index is 13.6. The molecule has 0 radical (unpaired) electrons. The van der Waals surface area contributed by atoms with E-state index in [0.29, 0.717) is 5.69 Å². The van der Waals surface area contributed by atoms with Crippen LogP contribution >= 0.6 is 0 Å². The van der Waals surface area contributed by atoms with E-state index in [1.54, 1.807) is 47.4 Å². The fourth-order valence-corrected chi connectivity index (χ4v) is 3.32. The molecule has 1 amide bonds. The number of sulfonamides is 1. The van der Waals surface area contributed by atoms with Gasteiger partial charge in [0.05, 0.1) is 12.2 Å². The quantitative estimate of drug-likeness (QED) is 0.610. The number of rotatable bonds is 6. The van der Waals surface area contributed by atoms with Gasteiger partial charge in [0.15, 0.2) is 11.6 Å². The smallest absolute Gasteiger partial charge is 0.244 e. The monoisotopic (exact) mass is 410 g/mol. The number of hydrogen-bond acceptors (Lipinski definition) is 4. The summed E-state index contributed by atoms with van der Waals surface area (Å²) in [4.78, 5) is 10.8. The Morgan fingerprint density at radius 3 is 2.36 bits per heavy atom. The first-order valence-electron chi connectivity index (χ1n) is 7.80. The van der Waals surface area contributed by atoms with Gasteiger partial charge in [-0.3, -0.25) is 4.79 Å². The molecular weight excluding hydrogens is 397 g/mol. The average molecular weight is 410 g/mol. The van der Waals surface area contributed by atoms with E-state index in [2.05, 4.69) is 10.4 Å². The van der Waals surface area contributed by atoms with Crippen molar-refractivity contribution in [3.8, 4) is 5.69 Å².